The van der Waals surface area contributed by atoms with Gasteiger partial charge in [0.2, 0.25) is 0 Å². The van der Waals surface area contributed by atoms with Crippen molar-refractivity contribution in [1.29, 1.82) is 0 Å². The van der Waals surface area contributed by atoms with E-state index < -0.39 is 10.2 Å². The fourth-order valence-electron chi connectivity index (χ4n) is 3.69. The van der Waals surface area contributed by atoms with E-state index in [1.165, 1.54) is 0 Å². The third-order valence-corrected chi connectivity index (χ3v) is 5.71. The number of pyridine rings is 6. The van der Waals surface area contributed by atoms with E-state index in [1.807, 2.05) is 0 Å². The van der Waals surface area contributed by atoms with Crippen molar-refractivity contribution in [3.8, 4) is 34.2 Å². The van der Waals surface area contributed by atoms with Gasteiger partial charge in [0, 0.05) is 37.2 Å². The minimum Gasteiger partial charge on any atom is -0.397 e. The summed E-state index contributed by atoms with van der Waals surface area (Å²) in [5.74, 6) is 0. The average molecular weight is 738 g/mol. The van der Waals surface area contributed by atoms with Crippen LogP contribution in [-0.4, -0.2) is 40.1 Å². The molecule has 0 atom stereocenters. The molecule has 51 heavy (non-hydrogen) atoms. The maximum atomic E-state index is 8.25. The summed E-state index contributed by atoms with van der Waals surface area (Å²) in [7, 11) is 0. The standard InChI is InChI=1S/3C10H10N4.Mn.2NO3/c3*11-7-3-1-5-13-9(7)10-8(12)4-2-6-14-10;;2*2-1(3)4/h3*1-6H,11-12H2;;;/q;;;+2;2*-1. The van der Waals surface area contributed by atoms with Crippen LogP contribution in [0.4, 0.5) is 34.1 Å². The van der Waals surface area contributed by atoms with Crippen molar-refractivity contribution in [3.63, 3.8) is 0 Å². The van der Waals surface area contributed by atoms with E-state index in [0.29, 0.717) is 68.3 Å². The van der Waals surface area contributed by atoms with Crippen LogP contribution in [-0.2, 0) is 17.1 Å². The van der Waals surface area contributed by atoms with Gasteiger partial charge in [-0.3, -0.25) is 29.9 Å². The Morgan fingerprint density at radius 2 is 0.471 bits per heavy atom. The maximum Gasteiger partial charge on any atom is 2.00 e. The van der Waals surface area contributed by atoms with Gasteiger partial charge in [-0.1, -0.05) is 0 Å². The molecule has 6 aromatic heterocycles. The Bertz CT molecular complexity index is 1650. The van der Waals surface area contributed by atoms with Crippen molar-refractivity contribution in [2.75, 3.05) is 34.4 Å². The Balaban J connectivity index is 0.000000343. The molecule has 263 valence electrons. The second-order valence-electron chi connectivity index (χ2n) is 9.09. The van der Waals surface area contributed by atoms with Crippen molar-refractivity contribution < 1.29 is 27.2 Å². The van der Waals surface area contributed by atoms with Crippen molar-refractivity contribution in [1.82, 2.24) is 29.9 Å². The Hall–Kier alpha value is -7.38. The zero-order valence-corrected chi connectivity index (χ0v) is 27.4. The molecule has 0 aliphatic carbocycles. The van der Waals surface area contributed by atoms with Crippen LogP contribution < -0.4 is 34.4 Å². The van der Waals surface area contributed by atoms with E-state index in [-0.39, 0.29) is 17.1 Å². The van der Waals surface area contributed by atoms with Crippen LogP contribution in [0.25, 0.3) is 34.2 Å². The number of hydrogen-bond acceptors (Lipinski definition) is 18. The van der Waals surface area contributed by atoms with Gasteiger partial charge in [0.25, 0.3) is 0 Å². The predicted octanol–water partition coefficient (Wildman–Crippen LogP) is 3.44. The summed E-state index contributed by atoms with van der Waals surface area (Å²) in [6.45, 7) is 0. The maximum absolute atomic E-state index is 8.25. The number of nitrogen functional groups attached to an aromatic ring is 6. The van der Waals surface area contributed by atoms with Crippen LogP contribution in [0, 0.1) is 30.6 Å². The van der Waals surface area contributed by atoms with E-state index in [9.17, 15) is 0 Å². The van der Waals surface area contributed by atoms with E-state index in [1.54, 1.807) is 110 Å². The van der Waals surface area contributed by atoms with E-state index >= 15 is 0 Å². The molecule has 0 aliphatic rings. The molecule has 0 amide bonds. The molecule has 0 unspecified atom stereocenters. The first-order valence-electron chi connectivity index (χ1n) is 13.7. The molecular weight excluding hydrogens is 707 g/mol. The fourth-order valence-corrected chi connectivity index (χ4v) is 3.69. The van der Waals surface area contributed by atoms with Crippen molar-refractivity contribution in [3.05, 3.63) is 141 Å². The molecule has 0 aromatic carbocycles. The first-order valence-corrected chi connectivity index (χ1v) is 13.7. The smallest absolute Gasteiger partial charge is 0.397 e. The van der Waals surface area contributed by atoms with E-state index in [2.05, 4.69) is 29.9 Å². The normalized spacial score (nSPS) is 9.18. The Morgan fingerprint density at radius 3 is 0.569 bits per heavy atom. The van der Waals surface area contributed by atoms with Gasteiger partial charge in [-0.25, -0.2) is 0 Å². The summed E-state index contributed by atoms with van der Waals surface area (Å²) in [5.41, 5.74) is 41.8. The van der Waals surface area contributed by atoms with Crippen LogP contribution in [0.1, 0.15) is 0 Å². The van der Waals surface area contributed by atoms with Crippen LogP contribution in [0.3, 0.4) is 0 Å². The molecular formula is C30H30MnN14O6. The van der Waals surface area contributed by atoms with Gasteiger partial charge in [-0.15, -0.1) is 0 Å². The van der Waals surface area contributed by atoms with E-state index in [4.69, 9.17) is 65.0 Å². The van der Waals surface area contributed by atoms with Gasteiger partial charge >= 0.3 is 17.1 Å². The molecule has 0 bridgehead atoms. The Morgan fingerprint density at radius 1 is 0.353 bits per heavy atom. The summed E-state index contributed by atoms with van der Waals surface area (Å²) in [4.78, 5) is 41.4. The van der Waals surface area contributed by atoms with Crippen LogP contribution in [0.15, 0.2) is 110 Å². The zero-order chi connectivity index (χ0) is 37.1. The van der Waals surface area contributed by atoms with Crippen LogP contribution >= 0.6 is 0 Å². The van der Waals surface area contributed by atoms with Crippen LogP contribution in [0.5, 0.6) is 0 Å². The molecule has 6 aromatic rings. The number of nitrogens with zero attached hydrogens (tertiary/aromatic N) is 8. The first kappa shape index (κ1) is 41.6. The van der Waals surface area contributed by atoms with Crippen molar-refractivity contribution in [2.24, 2.45) is 0 Å². The Kier molecular flexibility index (Phi) is 17.5. The fraction of sp³-hybridized carbons (Fsp3) is 0. The monoisotopic (exact) mass is 737 g/mol. The molecule has 0 fully saturated rings. The molecule has 21 heteroatoms. The van der Waals surface area contributed by atoms with Gasteiger partial charge in [-0.05, 0) is 72.8 Å². The average Bonchev–Trinajstić information content (AvgIpc) is 3.07. The van der Waals surface area contributed by atoms with Gasteiger partial charge in [-0.2, -0.15) is 0 Å². The van der Waals surface area contributed by atoms with Gasteiger partial charge in [0.05, 0.1) is 44.3 Å². The molecule has 1 radical (unpaired) electrons. The second-order valence-corrected chi connectivity index (χ2v) is 9.09. The number of hydrogen-bond donors (Lipinski definition) is 6. The largest absolute Gasteiger partial charge is 2.00 e. The predicted molar refractivity (Wildman–Crippen MR) is 190 cm³/mol. The topological polar surface area (TPSA) is 366 Å². The molecule has 0 saturated carbocycles. The van der Waals surface area contributed by atoms with Crippen LogP contribution in [0.2, 0.25) is 0 Å². The zero-order valence-electron chi connectivity index (χ0n) is 26.3. The summed E-state index contributed by atoms with van der Waals surface area (Å²) >= 11 is 0. The summed E-state index contributed by atoms with van der Waals surface area (Å²) in [6.07, 6.45) is 10.00. The van der Waals surface area contributed by atoms with Gasteiger partial charge < -0.3 is 65.0 Å². The molecule has 0 spiro atoms. The number of aromatic nitrogens is 6. The molecule has 0 aliphatic heterocycles. The SMILES string of the molecule is Nc1cccnc1-c1ncccc1N.Nc1cccnc1-c1ncccc1N.Nc1cccnc1-c1ncccc1N.O=[N+]([O-])[O-].O=[N+]([O-])[O-].[Mn+2]. The molecule has 0 saturated heterocycles. The van der Waals surface area contributed by atoms with Gasteiger partial charge in [0.1, 0.15) is 34.2 Å². The van der Waals surface area contributed by atoms with E-state index in [0.717, 1.165) is 0 Å². The minimum atomic E-state index is -1.75. The van der Waals surface area contributed by atoms with Crippen molar-refractivity contribution in [2.45, 2.75) is 0 Å². The number of nitrogens with two attached hydrogens (primary N) is 6. The molecule has 12 N–H and O–H groups in total. The third kappa shape index (κ3) is 14.1. The van der Waals surface area contributed by atoms with Gasteiger partial charge in [0.15, 0.2) is 0 Å². The van der Waals surface area contributed by atoms with Crippen molar-refractivity contribution >= 4 is 34.1 Å². The first-order chi connectivity index (χ1) is 23.8. The number of rotatable bonds is 3. The number of anilines is 6. The molecule has 6 rings (SSSR count). The quantitative estimate of drug-likeness (QED) is 0.0860. The summed E-state index contributed by atoms with van der Waals surface area (Å²) < 4.78 is 0. The minimum absolute atomic E-state index is 0. The summed E-state index contributed by atoms with van der Waals surface area (Å²) in [6, 6.07) is 21.3. The summed E-state index contributed by atoms with van der Waals surface area (Å²) in [5, 5.41) is 29.5. The second kappa shape index (κ2) is 21.5. The Labute approximate surface area is 299 Å². The molecule has 20 nitrogen and oxygen atoms in total. The molecule has 6 heterocycles. The third-order valence-electron chi connectivity index (χ3n) is 5.71.